The Morgan fingerprint density at radius 2 is 2.26 bits per heavy atom. The zero-order chi connectivity index (χ0) is 13.8. The molecule has 2 aromatic rings. The average molecular weight is 262 g/mol. The third kappa shape index (κ3) is 3.08. The van der Waals surface area contributed by atoms with Crippen molar-refractivity contribution in [2.75, 3.05) is 0 Å². The fourth-order valence-corrected chi connectivity index (χ4v) is 1.66. The van der Waals surface area contributed by atoms with Crippen molar-refractivity contribution in [1.29, 1.82) is 0 Å². The fraction of sp³-hybridized carbons (Fsp3) is 0.250. The highest BCUT2D eigenvalue weighted by molar-refractivity contribution is 5.48. The normalized spacial score (nSPS) is 10.4. The summed E-state index contributed by atoms with van der Waals surface area (Å²) in [6.07, 6.45) is 3.44. The zero-order valence-corrected chi connectivity index (χ0v) is 10.4. The minimum absolute atomic E-state index is 0.0770. The molecule has 1 heterocycles. The number of benzene rings is 1. The molecule has 0 bridgehead atoms. The van der Waals surface area contributed by atoms with Gasteiger partial charge in [-0.05, 0) is 11.6 Å². The molecule has 1 aromatic heterocycles. The van der Waals surface area contributed by atoms with E-state index in [0.29, 0.717) is 5.56 Å². The van der Waals surface area contributed by atoms with Gasteiger partial charge in [0.25, 0.3) is 0 Å². The van der Waals surface area contributed by atoms with E-state index in [4.69, 9.17) is 10.5 Å². The van der Waals surface area contributed by atoms with Crippen LogP contribution in [0, 0.1) is 10.1 Å². The average Bonchev–Trinajstić information content (AvgIpc) is 2.82. The summed E-state index contributed by atoms with van der Waals surface area (Å²) < 4.78 is 7.10. The van der Waals surface area contributed by atoms with Crippen molar-refractivity contribution in [3.05, 3.63) is 51.8 Å². The Labute approximate surface area is 109 Å². The third-order valence-electron chi connectivity index (χ3n) is 2.61. The Kier molecular flexibility index (Phi) is 3.76. The smallest absolute Gasteiger partial charge is 0.311 e. The number of aromatic nitrogens is 2. The maximum atomic E-state index is 11.0. The summed E-state index contributed by atoms with van der Waals surface area (Å²) in [4.78, 5) is 10.5. The van der Waals surface area contributed by atoms with Crippen molar-refractivity contribution in [1.82, 2.24) is 9.78 Å². The lowest BCUT2D eigenvalue weighted by Gasteiger charge is -2.06. The van der Waals surface area contributed by atoms with Crippen LogP contribution in [-0.4, -0.2) is 14.7 Å². The Bertz CT molecular complexity index is 594. The first kappa shape index (κ1) is 13.0. The van der Waals surface area contributed by atoms with Crippen LogP contribution in [0.2, 0.25) is 0 Å². The first-order chi connectivity index (χ1) is 9.10. The summed E-state index contributed by atoms with van der Waals surface area (Å²) in [5.41, 5.74) is 6.93. The van der Waals surface area contributed by atoms with E-state index in [1.807, 2.05) is 0 Å². The molecule has 0 radical (unpaired) electrons. The maximum Gasteiger partial charge on any atom is 0.311 e. The van der Waals surface area contributed by atoms with E-state index in [1.54, 1.807) is 36.3 Å². The molecule has 0 spiro atoms. The molecule has 19 heavy (non-hydrogen) atoms. The lowest BCUT2D eigenvalue weighted by Crippen LogP contribution is -2.01. The number of nitrogens with two attached hydrogens (primary N) is 1. The molecule has 0 aliphatic rings. The highest BCUT2D eigenvalue weighted by Crippen LogP contribution is 2.28. The van der Waals surface area contributed by atoms with Crippen LogP contribution >= 0.6 is 0 Å². The quantitative estimate of drug-likeness (QED) is 0.648. The molecular formula is C12H14N4O3. The van der Waals surface area contributed by atoms with Gasteiger partial charge < -0.3 is 10.5 Å². The van der Waals surface area contributed by atoms with Gasteiger partial charge in [-0.3, -0.25) is 14.8 Å². The van der Waals surface area contributed by atoms with Crippen molar-refractivity contribution < 1.29 is 9.66 Å². The predicted molar refractivity (Wildman–Crippen MR) is 68.5 cm³/mol. The number of nitrogens with zero attached hydrogens (tertiary/aromatic N) is 3. The molecule has 0 amide bonds. The molecule has 0 saturated heterocycles. The molecule has 0 atom stereocenters. The van der Waals surface area contributed by atoms with E-state index in [2.05, 4.69) is 5.10 Å². The second kappa shape index (κ2) is 5.49. The van der Waals surface area contributed by atoms with Crippen LogP contribution in [0.3, 0.4) is 0 Å². The molecule has 7 nitrogen and oxygen atoms in total. The van der Waals surface area contributed by atoms with Crippen LogP contribution in [0.25, 0.3) is 0 Å². The monoisotopic (exact) mass is 262 g/mol. The van der Waals surface area contributed by atoms with Gasteiger partial charge in [-0.1, -0.05) is 6.07 Å². The molecule has 0 fully saturated rings. The van der Waals surface area contributed by atoms with Crippen LogP contribution in [0.4, 0.5) is 5.69 Å². The van der Waals surface area contributed by atoms with E-state index in [0.717, 1.165) is 5.56 Å². The first-order valence-corrected chi connectivity index (χ1v) is 5.68. The van der Waals surface area contributed by atoms with E-state index in [1.165, 1.54) is 6.07 Å². The van der Waals surface area contributed by atoms with Gasteiger partial charge in [-0.2, -0.15) is 5.10 Å². The van der Waals surface area contributed by atoms with Crippen molar-refractivity contribution in [2.24, 2.45) is 12.8 Å². The Hall–Kier alpha value is -2.41. The van der Waals surface area contributed by atoms with Crippen LogP contribution in [-0.2, 0) is 20.2 Å². The highest BCUT2D eigenvalue weighted by atomic mass is 16.6. The van der Waals surface area contributed by atoms with Crippen molar-refractivity contribution in [3.63, 3.8) is 0 Å². The zero-order valence-electron chi connectivity index (χ0n) is 10.4. The summed E-state index contributed by atoms with van der Waals surface area (Å²) in [7, 11) is 1.79. The molecule has 0 aliphatic carbocycles. The largest absolute Gasteiger partial charge is 0.482 e. The van der Waals surface area contributed by atoms with Gasteiger partial charge >= 0.3 is 5.69 Å². The molecule has 2 rings (SSSR count). The number of hydrogen-bond donors (Lipinski definition) is 1. The van der Waals surface area contributed by atoms with Gasteiger partial charge in [0.15, 0.2) is 5.75 Å². The summed E-state index contributed by atoms with van der Waals surface area (Å²) in [5, 5.41) is 15.0. The van der Waals surface area contributed by atoms with Crippen LogP contribution in [0.1, 0.15) is 11.1 Å². The maximum absolute atomic E-state index is 11.0. The van der Waals surface area contributed by atoms with Crippen LogP contribution in [0.15, 0.2) is 30.6 Å². The molecule has 0 aliphatic heterocycles. The minimum atomic E-state index is -0.474. The number of rotatable bonds is 5. The summed E-state index contributed by atoms with van der Waals surface area (Å²) in [5.74, 6) is 0.228. The second-order valence-corrected chi connectivity index (χ2v) is 4.07. The van der Waals surface area contributed by atoms with Gasteiger partial charge in [-0.25, -0.2) is 0 Å². The van der Waals surface area contributed by atoms with E-state index < -0.39 is 4.92 Å². The Morgan fingerprint density at radius 1 is 1.47 bits per heavy atom. The standard InChI is InChI=1S/C12H14N4O3/c1-15-7-10(6-14-15)8-19-12-3-2-9(5-13)4-11(12)16(17)18/h2-4,6-7H,5,8,13H2,1H3. The van der Waals surface area contributed by atoms with Crippen LogP contribution < -0.4 is 10.5 Å². The molecular weight excluding hydrogens is 248 g/mol. The predicted octanol–water partition coefficient (Wildman–Crippen LogP) is 1.37. The molecule has 2 N–H and O–H groups in total. The molecule has 7 heteroatoms. The lowest BCUT2D eigenvalue weighted by molar-refractivity contribution is -0.386. The molecule has 0 saturated carbocycles. The number of ether oxygens (including phenoxy) is 1. The lowest BCUT2D eigenvalue weighted by atomic mass is 10.2. The Morgan fingerprint density at radius 3 is 2.84 bits per heavy atom. The number of aryl methyl sites for hydroxylation is 1. The van der Waals surface area contributed by atoms with Gasteiger partial charge in [0.1, 0.15) is 6.61 Å². The van der Waals surface area contributed by atoms with Gasteiger partial charge in [-0.15, -0.1) is 0 Å². The molecule has 0 unspecified atom stereocenters. The molecule has 1 aromatic carbocycles. The number of hydrogen-bond acceptors (Lipinski definition) is 5. The van der Waals surface area contributed by atoms with E-state index in [9.17, 15) is 10.1 Å². The van der Waals surface area contributed by atoms with Gasteiger partial charge in [0.2, 0.25) is 0 Å². The summed E-state index contributed by atoms with van der Waals surface area (Å²) >= 11 is 0. The Balaban J connectivity index is 2.17. The van der Waals surface area contributed by atoms with Gasteiger partial charge in [0, 0.05) is 31.4 Å². The minimum Gasteiger partial charge on any atom is -0.482 e. The van der Waals surface area contributed by atoms with E-state index in [-0.39, 0.29) is 24.6 Å². The number of nitro groups is 1. The highest BCUT2D eigenvalue weighted by Gasteiger charge is 2.15. The van der Waals surface area contributed by atoms with E-state index >= 15 is 0 Å². The van der Waals surface area contributed by atoms with Crippen molar-refractivity contribution >= 4 is 5.69 Å². The SMILES string of the molecule is Cn1cc(COc2ccc(CN)cc2[N+](=O)[O-])cn1. The first-order valence-electron chi connectivity index (χ1n) is 5.68. The van der Waals surface area contributed by atoms with Crippen LogP contribution in [0.5, 0.6) is 5.75 Å². The second-order valence-electron chi connectivity index (χ2n) is 4.07. The fourth-order valence-electron chi connectivity index (χ4n) is 1.66. The summed E-state index contributed by atoms with van der Waals surface area (Å²) in [6, 6.07) is 4.71. The molecule has 100 valence electrons. The number of nitro benzene ring substituents is 1. The topological polar surface area (TPSA) is 96.2 Å². The third-order valence-corrected chi connectivity index (χ3v) is 2.61. The summed E-state index contributed by atoms with van der Waals surface area (Å²) in [6.45, 7) is 0.486. The van der Waals surface area contributed by atoms with Crippen molar-refractivity contribution in [2.45, 2.75) is 13.2 Å². The van der Waals surface area contributed by atoms with Crippen molar-refractivity contribution in [3.8, 4) is 5.75 Å². The van der Waals surface area contributed by atoms with Gasteiger partial charge in [0.05, 0.1) is 11.1 Å².